The number of aromatic nitrogens is 1. The number of nitrogens with zero attached hydrogens (tertiary/aromatic N) is 3. The summed E-state index contributed by atoms with van der Waals surface area (Å²) in [5.41, 5.74) is 5.93. The maximum absolute atomic E-state index is 12.6. The zero-order valence-electron chi connectivity index (χ0n) is 12.2. The first-order chi connectivity index (χ1) is 9.96. The van der Waals surface area contributed by atoms with Crippen molar-refractivity contribution in [3.8, 4) is 0 Å². The summed E-state index contributed by atoms with van der Waals surface area (Å²) in [6, 6.07) is 0.643. The molecule has 8 heteroatoms. The molecule has 0 radical (unpaired) electrons. The Labute approximate surface area is 130 Å². The Hall–Kier alpha value is -0.540. The fourth-order valence-corrected chi connectivity index (χ4v) is 5.86. The Bertz CT molecular complexity index is 593. The van der Waals surface area contributed by atoms with Crippen LogP contribution in [0, 0.1) is 6.92 Å². The lowest BCUT2D eigenvalue weighted by Crippen LogP contribution is -2.46. The van der Waals surface area contributed by atoms with Crippen LogP contribution in [0.5, 0.6) is 0 Å². The van der Waals surface area contributed by atoms with Gasteiger partial charge >= 0.3 is 0 Å². The first-order valence-corrected chi connectivity index (χ1v) is 9.64. The van der Waals surface area contributed by atoms with Crippen molar-refractivity contribution in [3.63, 3.8) is 0 Å². The molecule has 6 nitrogen and oxygen atoms in total. The number of likely N-dealkylation sites (tertiary alicyclic amines) is 1. The predicted octanol–water partition coefficient (Wildman–Crippen LogP) is 0.638. The Kier molecular flexibility index (Phi) is 4.33. The fraction of sp³-hybridized carbons (Fsp3) is 0.769. The van der Waals surface area contributed by atoms with Gasteiger partial charge in [-0.1, -0.05) is 0 Å². The minimum atomic E-state index is -3.36. The number of sulfonamides is 1. The maximum Gasteiger partial charge on any atom is 0.254 e. The molecule has 3 rings (SSSR count). The fourth-order valence-electron chi connectivity index (χ4n) is 3.10. The van der Waals surface area contributed by atoms with Gasteiger partial charge in [0, 0.05) is 25.2 Å². The third-order valence-electron chi connectivity index (χ3n) is 4.41. The monoisotopic (exact) mass is 330 g/mol. The molecule has 0 saturated carbocycles. The molecule has 0 spiro atoms. The molecule has 1 aromatic heterocycles. The maximum atomic E-state index is 12.6. The Morgan fingerprint density at radius 3 is 2.62 bits per heavy atom. The van der Waals surface area contributed by atoms with E-state index in [4.69, 9.17) is 5.73 Å². The van der Waals surface area contributed by atoms with Crippen LogP contribution < -0.4 is 5.73 Å². The van der Waals surface area contributed by atoms with Crippen LogP contribution in [0.3, 0.4) is 0 Å². The zero-order valence-corrected chi connectivity index (χ0v) is 13.9. The van der Waals surface area contributed by atoms with Crippen LogP contribution in [0.1, 0.15) is 24.3 Å². The van der Waals surface area contributed by atoms with Crippen molar-refractivity contribution in [1.82, 2.24) is 14.2 Å². The highest BCUT2D eigenvalue weighted by atomic mass is 32.2. The standard InChI is InChI=1S/C13H22N4O2S2/c1-10-15-8-13(20-10)21(18,19)17-7-4-12(9-17)16-5-2-11(14)3-6-16/h8,11-12H,2-7,9,14H2,1H3. The van der Waals surface area contributed by atoms with Crippen molar-refractivity contribution in [3.05, 3.63) is 11.2 Å². The van der Waals surface area contributed by atoms with Gasteiger partial charge in [0.2, 0.25) is 0 Å². The highest BCUT2D eigenvalue weighted by Crippen LogP contribution is 2.27. The molecular formula is C13H22N4O2S2. The number of hydrogen-bond acceptors (Lipinski definition) is 6. The van der Waals surface area contributed by atoms with Crippen LogP contribution in [0.15, 0.2) is 10.4 Å². The molecule has 2 N–H and O–H groups in total. The van der Waals surface area contributed by atoms with Crippen molar-refractivity contribution >= 4 is 21.4 Å². The minimum absolute atomic E-state index is 0.308. The van der Waals surface area contributed by atoms with Gasteiger partial charge in [-0.05, 0) is 39.3 Å². The summed E-state index contributed by atoms with van der Waals surface area (Å²) in [6.07, 6.45) is 4.41. The van der Waals surface area contributed by atoms with E-state index in [2.05, 4.69) is 9.88 Å². The molecular weight excluding hydrogens is 308 g/mol. The van der Waals surface area contributed by atoms with E-state index in [0.717, 1.165) is 37.4 Å². The predicted molar refractivity (Wildman–Crippen MR) is 82.8 cm³/mol. The summed E-state index contributed by atoms with van der Waals surface area (Å²) < 4.78 is 27.1. The summed E-state index contributed by atoms with van der Waals surface area (Å²) in [5, 5.41) is 0.786. The van der Waals surface area contributed by atoms with Gasteiger partial charge in [0.05, 0.1) is 11.2 Å². The second-order valence-electron chi connectivity index (χ2n) is 5.88. The Morgan fingerprint density at radius 1 is 1.29 bits per heavy atom. The van der Waals surface area contributed by atoms with Crippen molar-refractivity contribution in [2.24, 2.45) is 5.73 Å². The molecule has 2 aliphatic rings. The smallest absolute Gasteiger partial charge is 0.254 e. The number of aryl methyl sites for hydroxylation is 1. The third-order valence-corrected chi connectivity index (χ3v) is 7.63. The van der Waals surface area contributed by atoms with Gasteiger partial charge in [0.25, 0.3) is 10.0 Å². The average Bonchev–Trinajstić information content (AvgIpc) is 3.09. The lowest BCUT2D eigenvalue weighted by molar-refractivity contribution is 0.159. The largest absolute Gasteiger partial charge is 0.328 e. The Morgan fingerprint density at radius 2 is 2.00 bits per heavy atom. The SMILES string of the molecule is Cc1ncc(S(=O)(=O)N2CCC(N3CCC(N)CC3)C2)s1. The van der Waals surface area contributed by atoms with Crippen molar-refractivity contribution in [2.75, 3.05) is 26.2 Å². The van der Waals surface area contributed by atoms with Crippen LogP contribution >= 0.6 is 11.3 Å². The molecule has 0 amide bonds. The van der Waals surface area contributed by atoms with E-state index < -0.39 is 10.0 Å². The topological polar surface area (TPSA) is 79.5 Å². The van der Waals surface area contributed by atoms with Gasteiger partial charge in [-0.2, -0.15) is 4.31 Å². The van der Waals surface area contributed by atoms with E-state index in [1.165, 1.54) is 17.5 Å². The highest BCUT2D eigenvalue weighted by molar-refractivity contribution is 7.91. The molecule has 3 heterocycles. The van der Waals surface area contributed by atoms with Crippen LogP contribution in [-0.2, 0) is 10.0 Å². The van der Waals surface area contributed by atoms with E-state index in [9.17, 15) is 8.42 Å². The van der Waals surface area contributed by atoms with Gasteiger partial charge in [0.15, 0.2) is 4.21 Å². The van der Waals surface area contributed by atoms with E-state index in [1.807, 2.05) is 6.92 Å². The normalized spacial score (nSPS) is 26.5. The molecule has 118 valence electrons. The van der Waals surface area contributed by atoms with Crippen molar-refractivity contribution in [2.45, 2.75) is 42.5 Å². The van der Waals surface area contributed by atoms with E-state index >= 15 is 0 Å². The number of piperidine rings is 1. The average molecular weight is 330 g/mol. The molecule has 1 unspecified atom stereocenters. The summed E-state index contributed by atoms with van der Waals surface area (Å²) >= 11 is 1.25. The molecule has 2 aliphatic heterocycles. The molecule has 0 bridgehead atoms. The van der Waals surface area contributed by atoms with Crippen molar-refractivity contribution in [1.29, 1.82) is 0 Å². The molecule has 21 heavy (non-hydrogen) atoms. The molecule has 2 saturated heterocycles. The van der Waals surface area contributed by atoms with Gasteiger partial charge in [-0.15, -0.1) is 11.3 Å². The lowest BCUT2D eigenvalue weighted by atomic mass is 10.0. The van der Waals surface area contributed by atoms with Crippen LogP contribution in [0.25, 0.3) is 0 Å². The molecule has 1 atom stereocenters. The van der Waals surface area contributed by atoms with Gasteiger partial charge in [-0.3, -0.25) is 4.90 Å². The highest BCUT2D eigenvalue weighted by Gasteiger charge is 2.36. The lowest BCUT2D eigenvalue weighted by Gasteiger charge is -2.34. The first-order valence-electron chi connectivity index (χ1n) is 7.39. The van der Waals surface area contributed by atoms with Gasteiger partial charge in [0.1, 0.15) is 0 Å². The summed E-state index contributed by atoms with van der Waals surface area (Å²) in [4.78, 5) is 6.46. The van der Waals surface area contributed by atoms with Crippen molar-refractivity contribution < 1.29 is 8.42 Å². The van der Waals surface area contributed by atoms with Crippen LogP contribution in [0.4, 0.5) is 0 Å². The third kappa shape index (κ3) is 3.14. The summed E-state index contributed by atoms with van der Waals surface area (Å²) in [5.74, 6) is 0. The molecule has 2 fully saturated rings. The molecule has 1 aromatic rings. The first kappa shape index (κ1) is 15.4. The minimum Gasteiger partial charge on any atom is -0.328 e. The van der Waals surface area contributed by atoms with E-state index in [-0.39, 0.29) is 0 Å². The molecule has 0 aliphatic carbocycles. The number of hydrogen-bond donors (Lipinski definition) is 1. The van der Waals surface area contributed by atoms with Gasteiger partial charge in [-0.25, -0.2) is 13.4 Å². The second kappa shape index (κ2) is 5.92. The quantitative estimate of drug-likeness (QED) is 0.880. The Balaban J connectivity index is 1.66. The number of rotatable bonds is 3. The summed E-state index contributed by atoms with van der Waals surface area (Å²) in [7, 11) is -3.36. The molecule has 0 aromatic carbocycles. The zero-order chi connectivity index (χ0) is 15.0. The summed E-state index contributed by atoms with van der Waals surface area (Å²) in [6.45, 7) is 4.99. The number of thiazole rings is 1. The van der Waals surface area contributed by atoms with Crippen LogP contribution in [-0.4, -0.2) is 60.9 Å². The van der Waals surface area contributed by atoms with E-state index in [1.54, 1.807) is 4.31 Å². The van der Waals surface area contributed by atoms with Crippen LogP contribution in [0.2, 0.25) is 0 Å². The van der Waals surface area contributed by atoms with Gasteiger partial charge < -0.3 is 5.73 Å². The van der Waals surface area contributed by atoms with E-state index in [0.29, 0.717) is 29.4 Å². The number of nitrogens with two attached hydrogens (primary N) is 1. The second-order valence-corrected chi connectivity index (χ2v) is 9.28.